The summed E-state index contributed by atoms with van der Waals surface area (Å²) in [7, 11) is -3.78. The van der Waals surface area contributed by atoms with Gasteiger partial charge in [-0.25, -0.2) is 13.4 Å². The SMILES string of the molecule is CCS(=O)(=O)c1ccc2c(C(O)N[C@H](c3ccccc3)C(F)(F)F)c(CN3CCC(N4CCOCC4)CC3)c(-c3cccc(C(F)(F)F)c3)nc2c1. The van der Waals surface area contributed by atoms with Crippen LogP contribution in [0.5, 0.6) is 0 Å². The largest absolute Gasteiger partial charge is 0.416 e. The van der Waals surface area contributed by atoms with E-state index in [4.69, 9.17) is 9.72 Å². The van der Waals surface area contributed by atoms with Crippen LogP contribution in [0.25, 0.3) is 22.2 Å². The number of nitrogens with zero attached hydrogens (tertiary/aromatic N) is 3. The number of benzene rings is 3. The lowest BCUT2D eigenvalue weighted by molar-refractivity contribution is -0.165. The van der Waals surface area contributed by atoms with Crippen LogP contribution >= 0.6 is 0 Å². The van der Waals surface area contributed by atoms with Crippen molar-refractivity contribution in [1.29, 1.82) is 0 Å². The van der Waals surface area contributed by atoms with E-state index in [1.54, 1.807) is 6.07 Å². The van der Waals surface area contributed by atoms with Gasteiger partial charge in [-0.15, -0.1) is 0 Å². The van der Waals surface area contributed by atoms with E-state index in [9.17, 15) is 39.9 Å². The molecule has 0 saturated carbocycles. The van der Waals surface area contributed by atoms with Gasteiger partial charge in [0, 0.05) is 47.8 Å². The molecular formula is C37H40F6N4O4S. The van der Waals surface area contributed by atoms with Crippen LogP contribution in [-0.4, -0.2) is 85.7 Å². The van der Waals surface area contributed by atoms with Crippen molar-refractivity contribution >= 4 is 20.7 Å². The van der Waals surface area contributed by atoms with Crippen molar-refractivity contribution < 1.29 is 44.6 Å². The molecule has 2 fully saturated rings. The zero-order valence-corrected chi connectivity index (χ0v) is 29.2. The summed E-state index contributed by atoms with van der Waals surface area (Å²) in [6, 6.07) is 13.3. The molecule has 6 rings (SSSR count). The first-order chi connectivity index (χ1) is 24.7. The lowest BCUT2D eigenvalue weighted by atomic mass is 9.93. The first-order valence-corrected chi connectivity index (χ1v) is 18.8. The Bertz CT molecular complexity index is 1960. The van der Waals surface area contributed by atoms with Crippen molar-refractivity contribution in [3.05, 3.63) is 95.1 Å². The minimum atomic E-state index is -4.85. The Morgan fingerprint density at radius 3 is 2.25 bits per heavy atom. The second kappa shape index (κ2) is 15.4. The number of morpholine rings is 1. The second-order valence-corrected chi connectivity index (χ2v) is 15.4. The van der Waals surface area contributed by atoms with E-state index in [2.05, 4.69) is 15.1 Å². The molecule has 3 aromatic carbocycles. The first kappa shape index (κ1) is 38.1. The number of halogens is 6. The van der Waals surface area contributed by atoms with E-state index in [1.807, 2.05) is 0 Å². The average molecular weight is 751 g/mol. The molecule has 2 atom stereocenters. The van der Waals surface area contributed by atoms with Crippen molar-refractivity contribution in [3.8, 4) is 11.3 Å². The van der Waals surface area contributed by atoms with Gasteiger partial charge < -0.3 is 9.84 Å². The van der Waals surface area contributed by atoms with Gasteiger partial charge in [0.15, 0.2) is 9.84 Å². The van der Waals surface area contributed by atoms with E-state index in [0.717, 1.165) is 38.1 Å². The first-order valence-electron chi connectivity index (χ1n) is 17.1. The number of hydrogen-bond acceptors (Lipinski definition) is 8. The number of aliphatic hydroxyl groups is 1. The summed E-state index contributed by atoms with van der Waals surface area (Å²) in [5.41, 5.74) is -0.908. The van der Waals surface area contributed by atoms with Gasteiger partial charge >= 0.3 is 12.4 Å². The molecule has 8 nitrogen and oxygen atoms in total. The number of nitrogens with one attached hydrogen (secondary N) is 1. The summed E-state index contributed by atoms with van der Waals surface area (Å²) >= 11 is 0. The van der Waals surface area contributed by atoms with Gasteiger partial charge in [-0.3, -0.25) is 15.1 Å². The van der Waals surface area contributed by atoms with Crippen molar-refractivity contribution in [2.75, 3.05) is 45.1 Å². The van der Waals surface area contributed by atoms with Crippen LogP contribution in [0, 0.1) is 0 Å². The molecular weight excluding hydrogens is 710 g/mol. The monoisotopic (exact) mass is 750 g/mol. The number of aromatic nitrogens is 1. The van der Waals surface area contributed by atoms with Gasteiger partial charge in [0.05, 0.1) is 40.6 Å². The average Bonchev–Trinajstić information content (AvgIpc) is 3.13. The van der Waals surface area contributed by atoms with Crippen molar-refractivity contribution in [2.45, 2.75) is 61.9 Å². The standard InChI is InChI=1S/C37H40F6N4O4S/c1-2-52(49,50)28-11-12-29-31(22-28)44-33(25-9-6-10-26(21-25)36(38,39)40)30(23-46-15-13-27(14-16-46)47-17-19-51-20-18-47)32(29)35(48)45-34(37(41,42)43)24-7-4-3-5-8-24/h3-12,21-22,27,34-35,45,48H,2,13-20,23H2,1H3/t34-,35?/m1/s1. The highest BCUT2D eigenvalue weighted by Gasteiger charge is 2.42. The molecule has 2 saturated heterocycles. The number of ether oxygens (including phenoxy) is 1. The van der Waals surface area contributed by atoms with Gasteiger partial charge in [-0.2, -0.15) is 26.3 Å². The van der Waals surface area contributed by atoms with Crippen molar-refractivity contribution in [2.24, 2.45) is 0 Å². The van der Waals surface area contributed by atoms with Gasteiger partial charge in [0.1, 0.15) is 12.3 Å². The molecule has 1 unspecified atom stereocenters. The fourth-order valence-electron chi connectivity index (χ4n) is 7.10. The lowest BCUT2D eigenvalue weighted by Crippen LogP contribution is -2.48. The van der Waals surface area contributed by atoms with Gasteiger partial charge in [-0.1, -0.05) is 55.5 Å². The normalized spacial score (nSPS) is 18.5. The van der Waals surface area contributed by atoms with Gasteiger partial charge in [0.25, 0.3) is 0 Å². The molecule has 0 radical (unpaired) electrons. The maximum atomic E-state index is 14.6. The Hall–Kier alpha value is -3.60. The smallest absolute Gasteiger partial charge is 0.379 e. The maximum Gasteiger partial charge on any atom is 0.416 e. The summed E-state index contributed by atoms with van der Waals surface area (Å²) in [4.78, 5) is 9.03. The highest BCUT2D eigenvalue weighted by molar-refractivity contribution is 7.91. The summed E-state index contributed by atoms with van der Waals surface area (Å²) in [5.74, 6) is -0.251. The fraction of sp³-hybridized carbons (Fsp3) is 0.432. The highest BCUT2D eigenvalue weighted by Crippen LogP contribution is 2.40. The lowest BCUT2D eigenvalue weighted by Gasteiger charge is -2.40. The minimum absolute atomic E-state index is 0.000862. The third-order valence-electron chi connectivity index (χ3n) is 9.86. The molecule has 0 spiro atoms. The molecule has 2 aliphatic rings. The summed E-state index contributed by atoms with van der Waals surface area (Å²) in [6.45, 7) is 5.54. The number of fused-ring (bicyclic) bond motifs is 1. The number of pyridine rings is 1. The molecule has 15 heteroatoms. The van der Waals surface area contributed by atoms with E-state index in [0.29, 0.717) is 32.3 Å². The van der Waals surface area contributed by atoms with E-state index in [1.165, 1.54) is 61.5 Å². The molecule has 3 heterocycles. The highest BCUT2D eigenvalue weighted by atomic mass is 32.2. The molecule has 1 aromatic heterocycles. The van der Waals surface area contributed by atoms with Gasteiger partial charge in [0.2, 0.25) is 0 Å². The van der Waals surface area contributed by atoms with E-state index < -0.39 is 40.0 Å². The molecule has 0 amide bonds. The Morgan fingerprint density at radius 1 is 0.923 bits per heavy atom. The van der Waals surface area contributed by atoms with Crippen LogP contribution in [-0.2, 0) is 27.3 Å². The van der Waals surface area contributed by atoms with Crippen molar-refractivity contribution in [3.63, 3.8) is 0 Å². The van der Waals surface area contributed by atoms with Crippen LogP contribution in [0.1, 0.15) is 54.3 Å². The molecule has 2 N–H and O–H groups in total. The van der Waals surface area contributed by atoms with Crippen LogP contribution in [0.3, 0.4) is 0 Å². The topological polar surface area (TPSA) is 95.0 Å². The minimum Gasteiger partial charge on any atom is -0.379 e. The Morgan fingerprint density at radius 2 is 1.62 bits per heavy atom. The number of hydrogen-bond donors (Lipinski definition) is 2. The Kier molecular flexibility index (Phi) is 11.3. The number of alkyl halides is 6. The number of sulfone groups is 1. The molecule has 280 valence electrons. The summed E-state index contributed by atoms with van der Waals surface area (Å²) in [5, 5.41) is 14.4. The predicted molar refractivity (Wildman–Crippen MR) is 184 cm³/mol. The molecule has 4 aromatic rings. The fourth-order valence-corrected chi connectivity index (χ4v) is 8.00. The molecule has 0 bridgehead atoms. The third kappa shape index (κ3) is 8.45. The van der Waals surface area contributed by atoms with E-state index in [-0.39, 0.29) is 56.0 Å². The van der Waals surface area contributed by atoms with Crippen LogP contribution in [0.4, 0.5) is 26.3 Å². The zero-order chi connectivity index (χ0) is 37.3. The summed E-state index contributed by atoms with van der Waals surface area (Å²) in [6.07, 6.45) is -10.0. The predicted octanol–water partition coefficient (Wildman–Crippen LogP) is 6.89. The summed E-state index contributed by atoms with van der Waals surface area (Å²) < 4.78 is 117. The molecule has 52 heavy (non-hydrogen) atoms. The zero-order valence-electron chi connectivity index (χ0n) is 28.4. The third-order valence-corrected chi connectivity index (χ3v) is 11.6. The Labute approximate surface area is 298 Å². The van der Waals surface area contributed by atoms with Crippen LogP contribution in [0.2, 0.25) is 0 Å². The maximum absolute atomic E-state index is 14.6. The number of rotatable bonds is 10. The van der Waals surface area contributed by atoms with Gasteiger partial charge in [-0.05, 0) is 55.8 Å². The van der Waals surface area contributed by atoms with Crippen molar-refractivity contribution in [1.82, 2.24) is 20.1 Å². The number of likely N-dealkylation sites (tertiary alicyclic amines) is 1. The quantitative estimate of drug-likeness (QED) is 0.134. The second-order valence-electron chi connectivity index (χ2n) is 13.1. The number of piperidine rings is 1. The Balaban J connectivity index is 1.52. The molecule has 0 aliphatic carbocycles. The molecule has 2 aliphatic heterocycles. The van der Waals surface area contributed by atoms with E-state index >= 15 is 0 Å². The van der Waals surface area contributed by atoms with Crippen LogP contribution in [0.15, 0.2) is 77.7 Å². The number of aliphatic hydroxyl groups excluding tert-OH is 1. The van der Waals surface area contributed by atoms with Crippen LogP contribution < -0.4 is 5.32 Å².